The third-order valence-corrected chi connectivity index (χ3v) is 2.78. The highest BCUT2D eigenvalue weighted by Gasteiger charge is 2.10. The zero-order valence-electron chi connectivity index (χ0n) is 10.5. The van der Waals surface area contributed by atoms with Crippen LogP contribution in [0.25, 0.3) is 0 Å². The van der Waals surface area contributed by atoms with Gasteiger partial charge in [-0.1, -0.05) is 29.8 Å². The lowest BCUT2D eigenvalue weighted by atomic mass is 10.2. The monoisotopic (exact) mass is 279 g/mol. The van der Waals surface area contributed by atoms with E-state index in [1.807, 2.05) is 25.1 Å². The number of hydrogen-bond donors (Lipinski definition) is 1. The molecule has 0 unspecified atom stereocenters. The van der Waals surface area contributed by atoms with E-state index in [0.717, 1.165) is 5.56 Å². The quantitative estimate of drug-likeness (QED) is 0.911. The number of ether oxygens (including phenoxy) is 2. The van der Waals surface area contributed by atoms with Gasteiger partial charge in [-0.15, -0.1) is 0 Å². The van der Waals surface area contributed by atoms with E-state index in [1.54, 1.807) is 6.07 Å². The summed E-state index contributed by atoms with van der Waals surface area (Å²) in [7, 11) is 0. The second kappa shape index (κ2) is 6.24. The number of nitrogens with two attached hydrogens (primary N) is 1. The van der Waals surface area contributed by atoms with Gasteiger partial charge in [0.25, 0.3) is 0 Å². The Bertz CT molecular complexity index is 563. The second-order valence-corrected chi connectivity index (χ2v) is 4.12. The van der Waals surface area contributed by atoms with Crippen LogP contribution in [0.15, 0.2) is 30.6 Å². The van der Waals surface area contributed by atoms with Crippen molar-refractivity contribution in [3.63, 3.8) is 0 Å². The van der Waals surface area contributed by atoms with Gasteiger partial charge >= 0.3 is 0 Å². The van der Waals surface area contributed by atoms with E-state index in [2.05, 4.69) is 9.97 Å². The van der Waals surface area contributed by atoms with E-state index in [1.165, 1.54) is 6.33 Å². The minimum absolute atomic E-state index is 0.284. The molecule has 19 heavy (non-hydrogen) atoms. The maximum atomic E-state index is 6.04. The number of aromatic nitrogens is 2. The van der Waals surface area contributed by atoms with Gasteiger partial charge in [-0.3, -0.25) is 0 Å². The van der Waals surface area contributed by atoms with E-state index >= 15 is 0 Å². The Hall–Kier alpha value is -2.01. The van der Waals surface area contributed by atoms with Crippen LogP contribution in [0.1, 0.15) is 12.5 Å². The zero-order chi connectivity index (χ0) is 13.7. The predicted molar refractivity (Wildman–Crippen MR) is 73.4 cm³/mol. The first kappa shape index (κ1) is 13.4. The lowest BCUT2D eigenvalue weighted by Gasteiger charge is -2.11. The molecule has 1 aromatic carbocycles. The van der Waals surface area contributed by atoms with Gasteiger partial charge in [-0.2, -0.15) is 9.97 Å². The molecule has 0 saturated carbocycles. The highest BCUT2D eigenvalue weighted by molar-refractivity contribution is 6.31. The van der Waals surface area contributed by atoms with Gasteiger partial charge in [-0.25, -0.2) is 0 Å². The molecule has 2 N–H and O–H groups in total. The normalized spacial score (nSPS) is 10.2. The first-order valence-electron chi connectivity index (χ1n) is 5.81. The second-order valence-electron chi connectivity index (χ2n) is 3.71. The van der Waals surface area contributed by atoms with Crippen LogP contribution in [0.3, 0.4) is 0 Å². The summed E-state index contributed by atoms with van der Waals surface area (Å²) in [5.74, 6) is 0.616. The van der Waals surface area contributed by atoms with Gasteiger partial charge in [0.1, 0.15) is 12.9 Å². The fourth-order valence-electron chi connectivity index (χ4n) is 1.49. The van der Waals surface area contributed by atoms with Crippen LogP contribution in [0, 0.1) is 0 Å². The minimum atomic E-state index is 0.284. The molecule has 100 valence electrons. The minimum Gasteiger partial charge on any atom is -0.476 e. The molecule has 1 heterocycles. The fourth-order valence-corrected chi connectivity index (χ4v) is 1.68. The largest absolute Gasteiger partial charge is 0.476 e. The van der Waals surface area contributed by atoms with Gasteiger partial charge in [0.2, 0.25) is 11.8 Å². The van der Waals surface area contributed by atoms with Crippen LogP contribution in [0.4, 0.5) is 5.69 Å². The number of anilines is 1. The van der Waals surface area contributed by atoms with E-state index < -0.39 is 0 Å². The number of nitrogens with zero attached hydrogens (tertiary/aromatic N) is 2. The summed E-state index contributed by atoms with van der Waals surface area (Å²) in [6.45, 7) is 2.61. The molecular formula is C13H14ClN3O2. The summed E-state index contributed by atoms with van der Waals surface area (Å²) in [6.07, 6.45) is 1.35. The SMILES string of the molecule is CCOc1ncnc(OCc2ccccc2Cl)c1N. The molecule has 2 aromatic rings. The standard InChI is InChI=1S/C13H14ClN3O2/c1-2-18-12-11(15)13(17-8-16-12)19-7-9-5-3-4-6-10(9)14/h3-6,8H,2,7,15H2,1H3. The van der Waals surface area contributed by atoms with Crippen LogP contribution in [0.2, 0.25) is 5.02 Å². The summed E-state index contributed by atoms with van der Waals surface area (Å²) in [5.41, 5.74) is 7.01. The van der Waals surface area contributed by atoms with Crippen molar-refractivity contribution in [3.05, 3.63) is 41.2 Å². The molecule has 0 fully saturated rings. The smallest absolute Gasteiger partial charge is 0.244 e. The fraction of sp³-hybridized carbons (Fsp3) is 0.231. The molecule has 0 saturated heterocycles. The maximum absolute atomic E-state index is 6.04. The molecule has 0 spiro atoms. The third-order valence-electron chi connectivity index (χ3n) is 2.41. The molecule has 0 bridgehead atoms. The molecule has 0 aliphatic carbocycles. The molecule has 2 rings (SSSR count). The molecule has 0 aliphatic rings. The van der Waals surface area contributed by atoms with Crippen molar-refractivity contribution < 1.29 is 9.47 Å². The number of hydrogen-bond acceptors (Lipinski definition) is 5. The topological polar surface area (TPSA) is 70.3 Å². The number of halogens is 1. The first-order valence-corrected chi connectivity index (χ1v) is 6.19. The van der Waals surface area contributed by atoms with Crippen LogP contribution in [-0.2, 0) is 6.61 Å². The lowest BCUT2D eigenvalue weighted by molar-refractivity contribution is 0.287. The van der Waals surface area contributed by atoms with Crippen molar-refractivity contribution in [1.82, 2.24) is 9.97 Å². The summed E-state index contributed by atoms with van der Waals surface area (Å²) in [5, 5.41) is 0.639. The van der Waals surface area contributed by atoms with Crippen molar-refractivity contribution >= 4 is 17.3 Å². The van der Waals surface area contributed by atoms with Gasteiger partial charge in [-0.05, 0) is 13.0 Å². The Kier molecular flexibility index (Phi) is 4.41. The van der Waals surface area contributed by atoms with Crippen molar-refractivity contribution in [1.29, 1.82) is 0 Å². The van der Waals surface area contributed by atoms with E-state index in [0.29, 0.717) is 23.4 Å². The molecule has 0 aliphatic heterocycles. The first-order chi connectivity index (χ1) is 9.22. The summed E-state index contributed by atoms with van der Waals surface area (Å²) < 4.78 is 10.8. The number of nitrogen functional groups attached to an aromatic ring is 1. The van der Waals surface area contributed by atoms with Crippen molar-refractivity contribution in [2.45, 2.75) is 13.5 Å². The zero-order valence-corrected chi connectivity index (χ0v) is 11.2. The summed E-state index contributed by atoms with van der Waals surface area (Å²) in [6, 6.07) is 7.43. The predicted octanol–water partition coefficient (Wildman–Crippen LogP) is 2.69. The summed E-state index contributed by atoms with van der Waals surface area (Å²) in [4.78, 5) is 7.92. The Morgan fingerprint density at radius 3 is 2.53 bits per heavy atom. The summed E-state index contributed by atoms with van der Waals surface area (Å²) >= 11 is 6.04. The molecule has 6 heteroatoms. The van der Waals surface area contributed by atoms with E-state index in [9.17, 15) is 0 Å². The molecular weight excluding hydrogens is 266 g/mol. The Balaban J connectivity index is 2.12. The van der Waals surface area contributed by atoms with Crippen molar-refractivity contribution in [2.24, 2.45) is 0 Å². The molecule has 0 radical (unpaired) electrons. The Morgan fingerprint density at radius 2 is 1.84 bits per heavy atom. The van der Waals surface area contributed by atoms with E-state index in [4.69, 9.17) is 26.8 Å². The van der Waals surface area contributed by atoms with Crippen molar-refractivity contribution in [2.75, 3.05) is 12.3 Å². The van der Waals surface area contributed by atoms with Gasteiger partial charge in [0.15, 0.2) is 5.69 Å². The van der Waals surface area contributed by atoms with E-state index in [-0.39, 0.29) is 12.3 Å². The number of rotatable bonds is 5. The van der Waals surface area contributed by atoms with Crippen molar-refractivity contribution in [3.8, 4) is 11.8 Å². The average Bonchev–Trinajstić information content (AvgIpc) is 2.42. The van der Waals surface area contributed by atoms with Crippen LogP contribution >= 0.6 is 11.6 Å². The van der Waals surface area contributed by atoms with Crippen LogP contribution < -0.4 is 15.2 Å². The average molecular weight is 280 g/mol. The van der Waals surface area contributed by atoms with Gasteiger partial charge < -0.3 is 15.2 Å². The Morgan fingerprint density at radius 1 is 1.16 bits per heavy atom. The van der Waals surface area contributed by atoms with Crippen LogP contribution in [0.5, 0.6) is 11.8 Å². The van der Waals surface area contributed by atoms with Gasteiger partial charge in [0.05, 0.1) is 6.61 Å². The highest BCUT2D eigenvalue weighted by atomic mass is 35.5. The molecule has 0 atom stereocenters. The maximum Gasteiger partial charge on any atom is 0.244 e. The molecule has 1 aromatic heterocycles. The third kappa shape index (κ3) is 3.26. The molecule has 5 nitrogen and oxygen atoms in total. The highest BCUT2D eigenvalue weighted by Crippen LogP contribution is 2.27. The lowest BCUT2D eigenvalue weighted by Crippen LogP contribution is -2.05. The van der Waals surface area contributed by atoms with Gasteiger partial charge in [0, 0.05) is 10.6 Å². The van der Waals surface area contributed by atoms with Crippen LogP contribution in [-0.4, -0.2) is 16.6 Å². The number of benzene rings is 1. The molecule has 0 amide bonds. The Labute approximate surface area is 116 Å².